The van der Waals surface area contributed by atoms with Gasteiger partial charge in [0.05, 0.1) is 0 Å². The highest BCUT2D eigenvalue weighted by Gasteiger charge is 2.34. The monoisotopic (exact) mass is 348 g/mol. The van der Waals surface area contributed by atoms with E-state index in [2.05, 4.69) is 11.8 Å². The number of hydrogen-bond donors (Lipinski definition) is 0. The second kappa shape index (κ2) is 9.05. The molecule has 142 valence electrons. The van der Waals surface area contributed by atoms with Gasteiger partial charge in [-0.05, 0) is 57.3 Å². The van der Waals surface area contributed by atoms with E-state index in [0.717, 1.165) is 70.6 Å². The van der Waals surface area contributed by atoms with E-state index in [1.54, 1.807) is 0 Å². The first-order chi connectivity index (χ1) is 12.2. The van der Waals surface area contributed by atoms with E-state index in [0.29, 0.717) is 11.8 Å². The summed E-state index contributed by atoms with van der Waals surface area (Å²) in [5.74, 6) is 1.99. The Morgan fingerprint density at radius 1 is 0.760 bits per heavy atom. The molecule has 0 aromatic rings. The first-order valence-electron chi connectivity index (χ1n) is 10.8. The standard InChI is InChI=1S/C21H36N2O2/c1-2-3-6-17-7-9-18(10-8-17)20(24)23-15-11-19(12-16-23)21(25)22-13-4-5-14-22/h17-19H,2-16H2,1H3. The molecule has 0 aromatic heterocycles. The lowest BCUT2D eigenvalue weighted by atomic mass is 9.79. The van der Waals surface area contributed by atoms with E-state index in [1.807, 2.05) is 4.90 Å². The number of likely N-dealkylation sites (tertiary alicyclic amines) is 2. The molecular weight excluding hydrogens is 312 g/mol. The van der Waals surface area contributed by atoms with Gasteiger partial charge in [-0.1, -0.05) is 26.2 Å². The number of nitrogens with zero attached hydrogens (tertiary/aromatic N) is 2. The molecule has 3 aliphatic rings. The first kappa shape index (κ1) is 18.7. The second-order valence-corrected chi connectivity index (χ2v) is 8.49. The second-order valence-electron chi connectivity index (χ2n) is 8.49. The average Bonchev–Trinajstić information content (AvgIpc) is 3.20. The molecule has 3 fully saturated rings. The van der Waals surface area contributed by atoms with Gasteiger partial charge in [-0.15, -0.1) is 0 Å². The summed E-state index contributed by atoms with van der Waals surface area (Å²) in [4.78, 5) is 29.5. The smallest absolute Gasteiger partial charge is 0.225 e. The normalized spacial score (nSPS) is 28.4. The Balaban J connectivity index is 1.40. The predicted molar refractivity (Wildman–Crippen MR) is 100 cm³/mol. The number of carbonyl (C=O) groups is 2. The average molecular weight is 349 g/mol. The van der Waals surface area contributed by atoms with Crippen LogP contribution < -0.4 is 0 Å². The minimum absolute atomic E-state index is 0.159. The molecule has 25 heavy (non-hydrogen) atoms. The highest BCUT2D eigenvalue weighted by atomic mass is 16.2. The molecule has 0 unspecified atom stereocenters. The summed E-state index contributed by atoms with van der Waals surface area (Å²) in [6.07, 6.45) is 12.7. The molecular formula is C21H36N2O2. The Morgan fingerprint density at radius 2 is 1.28 bits per heavy atom. The fourth-order valence-corrected chi connectivity index (χ4v) is 4.99. The van der Waals surface area contributed by atoms with Crippen molar-refractivity contribution in [3.63, 3.8) is 0 Å². The van der Waals surface area contributed by atoms with Crippen molar-refractivity contribution >= 4 is 11.8 Å². The fraction of sp³-hybridized carbons (Fsp3) is 0.905. The number of amides is 2. The summed E-state index contributed by atoms with van der Waals surface area (Å²) in [5, 5.41) is 0. The number of unbranched alkanes of at least 4 members (excludes halogenated alkanes) is 1. The van der Waals surface area contributed by atoms with Crippen molar-refractivity contribution in [1.82, 2.24) is 9.80 Å². The van der Waals surface area contributed by atoms with Crippen LogP contribution in [0.1, 0.15) is 77.6 Å². The number of piperidine rings is 1. The molecule has 3 rings (SSSR count). The van der Waals surface area contributed by atoms with Gasteiger partial charge in [-0.25, -0.2) is 0 Å². The van der Waals surface area contributed by atoms with E-state index in [9.17, 15) is 9.59 Å². The SMILES string of the molecule is CCCCC1CCC(C(=O)N2CCC(C(=O)N3CCCC3)CC2)CC1. The van der Waals surface area contributed by atoms with Gasteiger partial charge in [0.2, 0.25) is 11.8 Å². The summed E-state index contributed by atoms with van der Waals surface area (Å²) in [6, 6.07) is 0. The largest absolute Gasteiger partial charge is 0.342 e. The van der Waals surface area contributed by atoms with Crippen LogP contribution in [0.25, 0.3) is 0 Å². The van der Waals surface area contributed by atoms with Crippen molar-refractivity contribution in [2.24, 2.45) is 17.8 Å². The van der Waals surface area contributed by atoms with Crippen molar-refractivity contribution < 1.29 is 9.59 Å². The van der Waals surface area contributed by atoms with Gasteiger partial charge in [-0.3, -0.25) is 9.59 Å². The molecule has 2 amide bonds. The van der Waals surface area contributed by atoms with Crippen LogP contribution in [0, 0.1) is 17.8 Å². The quantitative estimate of drug-likeness (QED) is 0.757. The van der Waals surface area contributed by atoms with Crippen LogP contribution >= 0.6 is 0 Å². The molecule has 0 aromatic carbocycles. The molecule has 0 spiro atoms. The first-order valence-corrected chi connectivity index (χ1v) is 10.8. The summed E-state index contributed by atoms with van der Waals surface area (Å²) < 4.78 is 0. The third-order valence-corrected chi connectivity index (χ3v) is 6.74. The number of hydrogen-bond acceptors (Lipinski definition) is 2. The molecule has 1 aliphatic carbocycles. The van der Waals surface area contributed by atoms with Crippen molar-refractivity contribution in [3.8, 4) is 0 Å². The van der Waals surface area contributed by atoms with Gasteiger partial charge in [0, 0.05) is 38.0 Å². The molecule has 4 heteroatoms. The zero-order valence-corrected chi connectivity index (χ0v) is 16.0. The lowest BCUT2D eigenvalue weighted by molar-refractivity contribution is -0.142. The summed E-state index contributed by atoms with van der Waals surface area (Å²) in [5.41, 5.74) is 0. The minimum atomic E-state index is 0.159. The molecule has 2 saturated heterocycles. The zero-order valence-electron chi connectivity index (χ0n) is 16.0. The minimum Gasteiger partial charge on any atom is -0.342 e. The van der Waals surface area contributed by atoms with Crippen LogP contribution in [0.2, 0.25) is 0 Å². The van der Waals surface area contributed by atoms with Crippen molar-refractivity contribution in [3.05, 3.63) is 0 Å². The van der Waals surface area contributed by atoms with Crippen LogP contribution in [0.3, 0.4) is 0 Å². The van der Waals surface area contributed by atoms with E-state index >= 15 is 0 Å². The number of carbonyl (C=O) groups excluding carboxylic acids is 2. The lowest BCUT2D eigenvalue weighted by Crippen LogP contribution is -2.46. The van der Waals surface area contributed by atoms with Gasteiger partial charge in [0.15, 0.2) is 0 Å². The lowest BCUT2D eigenvalue weighted by Gasteiger charge is -2.36. The Labute approximate surface area is 153 Å². The van der Waals surface area contributed by atoms with Gasteiger partial charge >= 0.3 is 0 Å². The Kier molecular flexibility index (Phi) is 6.77. The van der Waals surface area contributed by atoms with Gasteiger partial charge < -0.3 is 9.80 Å². The van der Waals surface area contributed by atoms with E-state index in [-0.39, 0.29) is 11.8 Å². The van der Waals surface area contributed by atoms with Crippen LogP contribution in [-0.4, -0.2) is 47.8 Å². The number of rotatable bonds is 5. The van der Waals surface area contributed by atoms with Crippen molar-refractivity contribution in [2.45, 2.75) is 77.6 Å². The van der Waals surface area contributed by atoms with Crippen molar-refractivity contribution in [1.29, 1.82) is 0 Å². The zero-order chi connectivity index (χ0) is 17.6. The molecule has 2 aliphatic heterocycles. The Morgan fingerprint density at radius 3 is 1.84 bits per heavy atom. The van der Waals surface area contributed by atoms with E-state index in [1.165, 1.54) is 32.1 Å². The van der Waals surface area contributed by atoms with Crippen LogP contribution in [0.4, 0.5) is 0 Å². The molecule has 4 nitrogen and oxygen atoms in total. The molecule has 0 radical (unpaired) electrons. The molecule has 0 N–H and O–H groups in total. The molecule has 0 bridgehead atoms. The maximum atomic E-state index is 12.8. The Hall–Kier alpha value is -1.06. The topological polar surface area (TPSA) is 40.6 Å². The van der Waals surface area contributed by atoms with Crippen LogP contribution in [0.15, 0.2) is 0 Å². The molecule has 0 atom stereocenters. The van der Waals surface area contributed by atoms with Gasteiger partial charge in [0.1, 0.15) is 0 Å². The van der Waals surface area contributed by atoms with Gasteiger partial charge in [0.25, 0.3) is 0 Å². The Bertz CT molecular complexity index is 443. The highest BCUT2D eigenvalue weighted by molar-refractivity contribution is 5.81. The molecule has 1 saturated carbocycles. The molecule has 2 heterocycles. The van der Waals surface area contributed by atoms with E-state index < -0.39 is 0 Å². The predicted octanol–water partition coefficient (Wildman–Crippen LogP) is 3.84. The summed E-state index contributed by atoms with van der Waals surface area (Å²) >= 11 is 0. The van der Waals surface area contributed by atoms with Crippen LogP contribution in [0.5, 0.6) is 0 Å². The fourth-order valence-electron chi connectivity index (χ4n) is 4.99. The maximum absolute atomic E-state index is 12.8. The third-order valence-electron chi connectivity index (χ3n) is 6.74. The highest BCUT2D eigenvalue weighted by Crippen LogP contribution is 2.33. The van der Waals surface area contributed by atoms with Crippen LogP contribution in [-0.2, 0) is 9.59 Å². The van der Waals surface area contributed by atoms with Gasteiger partial charge in [-0.2, -0.15) is 0 Å². The van der Waals surface area contributed by atoms with Crippen molar-refractivity contribution in [2.75, 3.05) is 26.2 Å². The summed E-state index contributed by atoms with van der Waals surface area (Å²) in [6.45, 7) is 5.73. The maximum Gasteiger partial charge on any atom is 0.225 e. The van der Waals surface area contributed by atoms with E-state index in [4.69, 9.17) is 0 Å². The summed E-state index contributed by atoms with van der Waals surface area (Å²) in [7, 11) is 0. The third kappa shape index (κ3) is 4.77.